The van der Waals surface area contributed by atoms with Crippen LogP contribution >= 0.6 is 0 Å². The average molecular weight is 369 g/mol. The summed E-state index contributed by atoms with van der Waals surface area (Å²) in [5, 5.41) is 12.3. The number of aliphatic carboxylic acids is 1. The number of nitrogens with one attached hydrogen (secondary N) is 1. The minimum absolute atomic E-state index is 0.139. The van der Waals surface area contributed by atoms with Gasteiger partial charge in [-0.3, -0.25) is 9.59 Å². The van der Waals surface area contributed by atoms with Gasteiger partial charge in [0.15, 0.2) is 0 Å². The summed E-state index contributed by atoms with van der Waals surface area (Å²) >= 11 is 0. The van der Waals surface area contributed by atoms with Gasteiger partial charge in [0, 0.05) is 25.0 Å². The van der Waals surface area contributed by atoms with Crippen LogP contribution in [-0.4, -0.2) is 46.6 Å². The lowest BCUT2D eigenvalue weighted by molar-refractivity contribution is -0.143. The number of carbonyl (C=O) groups is 2. The molecule has 2 heterocycles. The molecular weight excluding hydrogens is 346 g/mol. The number of pyridine rings is 1. The highest BCUT2D eigenvalue weighted by molar-refractivity contribution is 5.99. The number of hydrogen-bond acceptors (Lipinski definition) is 5. The zero-order valence-electron chi connectivity index (χ0n) is 15.2. The molecule has 27 heavy (non-hydrogen) atoms. The summed E-state index contributed by atoms with van der Waals surface area (Å²) in [7, 11) is 0. The fourth-order valence-corrected chi connectivity index (χ4v) is 3.12. The van der Waals surface area contributed by atoms with Crippen molar-refractivity contribution < 1.29 is 19.4 Å². The smallest absolute Gasteiger partial charge is 0.306 e. The first-order valence-electron chi connectivity index (χ1n) is 9.05. The first kappa shape index (κ1) is 18.7. The molecule has 0 bridgehead atoms. The van der Waals surface area contributed by atoms with Crippen LogP contribution in [0.1, 0.15) is 30.1 Å². The Kier molecular flexibility index (Phi) is 5.90. The number of aromatic nitrogens is 1. The van der Waals surface area contributed by atoms with Gasteiger partial charge >= 0.3 is 5.97 Å². The zero-order chi connectivity index (χ0) is 19.2. The van der Waals surface area contributed by atoms with Crippen molar-refractivity contribution in [3.63, 3.8) is 0 Å². The van der Waals surface area contributed by atoms with E-state index in [1.807, 2.05) is 31.2 Å². The number of rotatable bonds is 6. The van der Waals surface area contributed by atoms with Crippen LogP contribution in [0.25, 0.3) is 0 Å². The zero-order valence-corrected chi connectivity index (χ0v) is 15.2. The fourth-order valence-electron chi connectivity index (χ4n) is 3.12. The van der Waals surface area contributed by atoms with Gasteiger partial charge in [-0.2, -0.15) is 0 Å². The van der Waals surface area contributed by atoms with Crippen molar-refractivity contribution in [2.45, 2.75) is 19.8 Å². The number of hydrogen-bond donors (Lipinski definition) is 2. The summed E-state index contributed by atoms with van der Waals surface area (Å²) < 4.78 is 5.43. The molecule has 0 radical (unpaired) electrons. The molecule has 0 unspecified atom stereocenters. The Bertz CT molecular complexity index is 799. The molecule has 0 aliphatic carbocycles. The lowest BCUT2D eigenvalue weighted by atomic mass is 9.96. The van der Waals surface area contributed by atoms with Crippen LogP contribution in [0.4, 0.5) is 11.5 Å². The van der Waals surface area contributed by atoms with Crippen LogP contribution in [-0.2, 0) is 4.79 Å². The molecule has 0 atom stereocenters. The van der Waals surface area contributed by atoms with Gasteiger partial charge < -0.3 is 20.1 Å². The van der Waals surface area contributed by atoms with E-state index < -0.39 is 5.97 Å². The first-order chi connectivity index (χ1) is 13.1. The second-order valence-corrected chi connectivity index (χ2v) is 6.39. The number of carboxylic acid groups (broad SMARTS) is 1. The highest BCUT2D eigenvalue weighted by Gasteiger charge is 2.28. The van der Waals surface area contributed by atoms with Crippen LogP contribution in [0.3, 0.4) is 0 Å². The fraction of sp³-hybridized carbons (Fsp3) is 0.350. The molecule has 1 saturated heterocycles. The standard InChI is InChI=1S/C20H23N3O4/c1-2-27-16-7-5-15(6-8-16)22-18-17(4-3-11-21-18)19(24)23-12-9-14(10-13-23)20(25)26/h3-8,11,14H,2,9-10,12-13H2,1H3,(H,21,22)(H,25,26). The van der Waals surface area contributed by atoms with Crippen molar-refractivity contribution in [2.75, 3.05) is 25.0 Å². The molecule has 7 heteroatoms. The van der Waals surface area contributed by atoms with Gasteiger partial charge in [0.05, 0.1) is 18.1 Å². The number of amides is 1. The number of ether oxygens (including phenoxy) is 1. The van der Waals surface area contributed by atoms with E-state index in [0.717, 1.165) is 11.4 Å². The van der Waals surface area contributed by atoms with Gasteiger partial charge in [-0.15, -0.1) is 0 Å². The van der Waals surface area contributed by atoms with Crippen molar-refractivity contribution in [3.05, 3.63) is 48.2 Å². The largest absolute Gasteiger partial charge is 0.494 e. The quantitative estimate of drug-likeness (QED) is 0.813. The van der Waals surface area contributed by atoms with Gasteiger partial charge in [0.25, 0.3) is 5.91 Å². The van der Waals surface area contributed by atoms with E-state index in [9.17, 15) is 9.59 Å². The first-order valence-corrected chi connectivity index (χ1v) is 9.05. The summed E-state index contributed by atoms with van der Waals surface area (Å²) in [5.41, 5.74) is 1.27. The van der Waals surface area contributed by atoms with Crippen LogP contribution in [0, 0.1) is 5.92 Å². The van der Waals surface area contributed by atoms with Gasteiger partial charge in [-0.25, -0.2) is 4.98 Å². The number of piperidine rings is 1. The summed E-state index contributed by atoms with van der Waals surface area (Å²) in [6, 6.07) is 10.9. The van der Waals surface area contributed by atoms with E-state index in [-0.39, 0.29) is 11.8 Å². The predicted molar refractivity (Wildman–Crippen MR) is 101 cm³/mol. The van der Waals surface area contributed by atoms with E-state index in [2.05, 4.69) is 10.3 Å². The second kappa shape index (κ2) is 8.53. The minimum atomic E-state index is -0.790. The lowest BCUT2D eigenvalue weighted by Gasteiger charge is -2.30. The number of nitrogens with zero attached hydrogens (tertiary/aromatic N) is 2. The number of likely N-dealkylation sites (tertiary alicyclic amines) is 1. The van der Waals surface area contributed by atoms with Crippen molar-refractivity contribution in [2.24, 2.45) is 5.92 Å². The van der Waals surface area contributed by atoms with E-state index in [1.165, 1.54) is 0 Å². The van der Waals surface area contributed by atoms with Crippen molar-refractivity contribution in [3.8, 4) is 5.75 Å². The van der Waals surface area contributed by atoms with Gasteiger partial charge in [-0.05, 0) is 56.2 Å². The second-order valence-electron chi connectivity index (χ2n) is 6.39. The predicted octanol–water partition coefficient (Wildman–Crippen LogP) is 3.16. The number of carboxylic acids is 1. The molecule has 1 amide bonds. The molecule has 0 spiro atoms. The number of benzene rings is 1. The molecule has 2 aromatic rings. The maximum atomic E-state index is 12.9. The summed E-state index contributed by atoms with van der Waals surface area (Å²) in [6.07, 6.45) is 2.58. The Hall–Kier alpha value is -3.09. The molecule has 1 aliphatic heterocycles. The van der Waals surface area contributed by atoms with E-state index in [1.54, 1.807) is 23.2 Å². The third kappa shape index (κ3) is 4.55. The topological polar surface area (TPSA) is 91.8 Å². The Labute approximate surface area is 158 Å². The Morgan fingerprint density at radius 1 is 1.22 bits per heavy atom. The van der Waals surface area contributed by atoms with E-state index >= 15 is 0 Å². The maximum Gasteiger partial charge on any atom is 0.306 e. The Morgan fingerprint density at radius 2 is 1.93 bits per heavy atom. The molecular formula is C20H23N3O4. The van der Waals surface area contributed by atoms with Gasteiger partial charge in [0.1, 0.15) is 11.6 Å². The maximum absolute atomic E-state index is 12.9. The number of carbonyl (C=O) groups excluding carboxylic acids is 1. The molecule has 142 valence electrons. The van der Waals surface area contributed by atoms with Crippen molar-refractivity contribution in [1.29, 1.82) is 0 Å². The average Bonchev–Trinajstić information content (AvgIpc) is 2.70. The van der Waals surface area contributed by atoms with Crippen LogP contribution in [0.5, 0.6) is 5.75 Å². The van der Waals surface area contributed by atoms with Crippen LogP contribution in [0.15, 0.2) is 42.6 Å². The molecule has 0 saturated carbocycles. The summed E-state index contributed by atoms with van der Waals surface area (Å²) in [5.74, 6) is -0.0419. The third-order valence-electron chi connectivity index (χ3n) is 4.60. The Balaban J connectivity index is 1.72. The molecule has 2 N–H and O–H groups in total. The van der Waals surface area contributed by atoms with E-state index in [4.69, 9.17) is 9.84 Å². The third-order valence-corrected chi connectivity index (χ3v) is 4.60. The summed E-state index contributed by atoms with van der Waals surface area (Å²) in [6.45, 7) is 3.40. The van der Waals surface area contributed by atoms with Crippen molar-refractivity contribution >= 4 is 23.4 Å². The minimum Gasteiger partial charge on any atom is -0.494 e. The lowest BCUT2D eigenvalue weighted by Crippen LogP contribution is -2.40. The molecule has 7 nitrogen and oxygen atoms in total. The molecule has 3 rings (SSSR count). The van der Waals surface area contributed by atoms with Crippen molar-refractivity contribution in [1.82, 2.24) is 9.88 Å². The van der Waals surface area contributed by atoms with Gasteiger partial charge in [-0.1, -0.05) is 0 Å². The van der Waals surface area contributed by atoms with Gasteiger partial charge in [0.2, 0.25) is 0 Å². The van der Waals surface area contributed by atoms with E-state index in [0.29, 0.717) is 43.9 Å². The highest BCUT2D eigenvalue weighted by Crippen LogP contribution is 2.24. The SMILES string of the molecule is CCOc1ccc(Nc2ncccc2C(=O)N2CCC(C(=O)O)CC2)cc1. The molecule has 1 aromatic heterocycles. The molecule has 1 aromatic carbocycles. The highest BCUT2D eigenvalue weighted by atomic mass is 16.5. The molecule has 1 aliphatic rings. The monoisotopic (exact) mass is 369 g/mol. The Morgan fingerprint density at radius 3 is 2.56 bits per heavy atom. The number of anilines is 2. The molecule has 1 fully saturated rings. The summed E-state index contributed by atoms with van der Waals surface area (Å²) in [4.78, 5) is 30.0. The van der Waals surface area contributed by atoms with Crippen LogP contribution in [0.2, 0.25) is 0 Å². The van der Waals surface area contributed by atoms with Crippen LogP contribution < -0.4 is 10.1 Å². The normalized spacial score (nSPS) is 14.6.